The third kappa shape index (κ3) is 43.6. The average molecular weight is 845 g/mol. The van der Waals surface area contributed by atoms with Crippen LogP contribution >= 0.6 is 7.82 Å². The van der Waals surface area contributed by atoms with Crippen molar-refractivity contribution in [2.24, 2.45) is 0 Å². The van der Waals surface area contributed by atoms with Crippen molar-refractivity contribution >= 4 is 13.7 Å². The number of hydrogen-bond donors (Lipinski definition) is 2. The van der Waals surface area contributed by atoms with Crippen molar-refractivity contribution in [3.05, 3.63) is 85.1 Å². The highest BCUT2D eigenvalue weighted by Gasteiger charge is 2.23. The summed E-state index contributed by atoms with van der Waals surface area (Å²) in [7, 11) is 1.19. The summed E-state index contributed by atoms with van der Waals surface area (Å²) in [5.74, 6) is -0.267. The van der Waals surface area contributed by atoms with Gasteiger partial charge in [0.2, 0.25) is 5.91 Å². The third-order valence-electron chi connectivity index (χ3n) is 9.84. The minimum Gasteiger partial charge on any atom is -0.756 e. The largest absolute Gasteiger partial charge is 0.756 e. The fraction of sp³-hybridized carbons (Fsp3) is 0.700. The number of nitrogens with zero attached hydrogens (tertiary/aromatic N) is 1. The van der Waals surface area contributed by atoms with Crippen molar-refractivity contribution in [2.45, 2.75) is 187 Å². The van der Waals surface area contributed by atoms with Crippen molar-refractivity contribution in [3.8, 4) is 0 Å². The Morgan fingerprint density at radius 1 is 0.610 bits per heavy atom. The summed E-state index contributed by atoms with van der Waals surface area (Å²) in [5.41, 5.74) is 0. The number of quaternary nitrogens is 1. The fourth-order valence-corrected chi connectivity index (χ4v) is 6.87. The molecule has 59 heavy (non-hydrogen) atoms. The third-order valence-corrected chi connectivity index (χ3v) is 10.8. The Kier molecular flexibility index (Phi) is 39.4. The van der Waals surface area contributed by atoms with Gasteiger partial charge in [-0.25, -0.2) is 0 Å². The molecule has 0 spiro atoms. The van der Waals surface area contributed by atoms with Crippen LogP contribution in [0.25, 0.3) is 0 Å². The quantitative estimate of drug-likeness (QED) is 0.0275. The van der Waals surface area contributed by atoms with Gasteiger partial charge in [-0.1, -0.05) is 182 Å². The van der Waals surface area contributed by atoms with Crippen LogP contribution in [0, 0.1) is 0 Å². The van der Waals surface area contributed by atoms with Crippen LogP contribution in [0.4, 0.5) is 0 Å². The Bertz CT molecular complexity index is 1230. The summed E-state index contributed by atoms with van der Waals surface area (Å²) < 4.78 is 23.2. The molecule has 340 valence electrons. The van der Waals surface area contributed by atoms with Gasteiger partial charge in [-0.3, -0.25) is 9.36 Å². The van der Waals surface area contributed by atoms with E-state index >= 15 is 0 Å². The zero-order chi connectivity index (χ0) is 43.6. The molecule has 0 saturated heterocycles. The Hall–Kier alpha value is -2.32. The maximum absolute atomic E-state index is 12.8. The van der Waals surface area contributed by atoms with Crippen molar-refractivity contribution in [3.63, 3.8) is 0 Å². The van der Waals surface area contributed by atoms with Gasteiger partial charge in [0.25, 0.3) is 7.82 Å². The summed E-state index contributed by atoms with van der Waals surface area (Å²) in [6, 6.07) is -0.937. The number of rotatable bonds is 41. The monoisotopic (exact) mass is 845 g/mol. The highest BCUT2D eigenvalue weighted by Crippen LogP contribution is 2.38. The van der Waals surface area contributed by atoms with Crippen molar-refractivity contribution in [1.29, 1.82) is 0 Å². The van der Waals surface area contributed by atoms with E-state index in [1.54, 1.807) is 6.08 Å². The molecule has 0 aromatic rings. The van der Waals surface area contributed by atoms with E-state index in [1.165, 1.54) is 89.9 Å². The van der Waals surface area contributed by atoms with Gasteiger partial charge in [-0.2, -0.15) is 0 Å². The van der Waals surface area contributed by atoms with E-state index in [0.29, 0.717) is 17.4 Å². The van der Waals surface area contributed by atoms with Gasteiger partial charge in [0.05, 0.1) is 39.9 Å². The molecular weight excluding hydrogens is 756 g/mol. The zero-order valence-corrected chi connectivity index (χ0v) is 39.3. The second kappa shape index (κ2) is 41.1. The number of aliphatic hydroxyl groups is 1. The summed E-state index contributed by atoms with van der Waals surface area (Å²) in [5, 5.41) is 13.7. The minimum absolute atomic E-state index is 0.0214. The second-order valence-electron chi connectivity index (χ2n) is 16.7. The standard InChI is InChI=1S/C50H89N2O6P/c1-6-8-10-12-14-16-18-20-22-24-25-26-28-29-31-33-35-37-39-41-43-49(53)48(47-58-59(55,56)57-46-45-52(3,4)5)51-50(54)44-42-40-38-36-34-32-30-27-23-21-19-17-15-13-11-9-7-2/h9,11,15,17,21,23,30,32-33,35-36,38,41,43,48-49,53H,6-8,10,12-14,16,18-20,22,24-29,31,34,37,39-40,42,44-47H2,1-5H3,(H-,51,54,55,56)/b11-9-,17-15-,23-21-,32-30-,35-33+,38-36-,43-41+. The number of phosphoric acid groups is 1. The minimum atomic E-state index is -4.62. The Morgan fingerprint density at radius 2 is 1.05 bits per heavy atom. The van der Waals surface area contributed by atoms with Crippen molar-refractivity contribution < 1.29 is 32.9 Å². The number of carbonyl (C=O) groups excluding carboxylic acids is 1. The van der Waals surface area contributed by atoms with E-state index in [2.05, 4.69) is 92.1 Å². The first kappa shape index (κ1) is 56.7. The van der Waals surface area contributed by atoms with Gasteiger partial charge in [0.15, 0.2) is 0 Å². The normalized spacial score (nSPS) is 15.0. The van der Waals surface area contributed by atoms with Crippen LogP contribution in [0.15, 0.2) is 85.1 Å². The van der Waals surface area contributed by atoms with E-state index in [4.69, 9.17) is 9.05 Å². The molecule has 0 saturated carbocycles. The van der Waals surface area contributed by atoms with Crippen LogP contribution in [0.3, 0.4) is 0 Å². The predicted molar refractivity (Wildman–Crippen MR) is 251 cm³/mol. The number of aliphatic hydroxyl groups excluding tert-OH is 1. The first-order valence-corrected chi connectivity index (χ1v) is 24.9. The molecule has 1 amide bonds. The smallest absolute Gasteiger partial charge is 0.268 e. The molecule has 0 aromatic carbocycles. The van der Waals surface area contributed by atoms with Gasteiger partial charge in [-0.05, 0) is 70.6 Å². The van der Waals surface area contributed by atoms with Crippen molar-refractivity contribution in [1.82, 2.24) is 5.32 Å². The topological polar surface area (TPSA) is 108 Å². The molecule has 9 heteroatoms. The van der Waals surface area contributed by atoms with E-state index in [-0.39, 0.29) is 18.9 Å². The lowest BCUT2D eigenvalue weighted by molar-refractivity contribution is -0.870. The first-order chi connectivity index (χ1) is 28.5. The summed E-state index contributed by atoms with van der Waals surface area (Å²) in [4.78, 5) is 25.3. The first-order valence-electron chi connectivity index (χ1n) is 23.4. The fourth-order valence-electron chi connectivity index (χ4n) is 6.14. The zero-order valence-electron chi connectivity index (χ0n) is 38.4. The van der Waals surface area contributed by atoms with Gasteiger partial charge in [0, 0.05) is 6.42 Å². The molecule has 8 nitrogen and oxygen atoms in total. The van der Waals surface area contributed by atoms with Gasteiger partial charge < -0.3 is 28.8 Å². The average Bonchev–Trinajstić information content (AvgIpc) is 3.19. The summed E-state index contributed by atoms with van der Waals surface area (Å²) >= 11 is 0. The van der Waals surface area contributed by atoms with Crippen LogP contribution < -0.4 is 10.2 Å². The molecule has 0 aliphatic rings. The molecule has 0 radical (unpaired) electrons. The van der Waals surface area contributed by atoms with Gasteiger partial charge in [0.1, 0.15) is 13.2 Å². The molecule has 0 heterocycles. The molecule has 0 fully saturated rings. The lowest BCUT2D eigenvalue weighted by Crippen LogP contribution is -2.45. The number of unbranched alkanes of at least 4 members (excludes halogenated alkanes) is 16. The lowest BCUT2D eigenvalue weighted by atomic mass is 10.0. The maximum atomic E-state index is 12.8. The molecule has 0 bridgehead atoms. The number of allylic oxidation sites excluding steroid dienone is 13. The van der Waals surface area contributed by atoms with Crippen LogP contribution in [-0.2, 0) is 18.4 Å². The van der Waals surface area contributed by atoms with Crippen LogP contribution in [0.1, 0.15) is 174 Å². The summed E-state index contributed by atoms with van der Waals surface area (Å²) in [6.45, 7) is 4.45. The summed E-state index contributed by atoms with van der Waals surface area (Å²) in [6.07, 6.45) is 56.5. The number of likely N-dealkylation sites (N-methyl/N-ethyl adjacent to an activating group) is 1. The van der Waals surface area contributed by atoms with Crippen LogP contribution in [0.5, 0.6) is 0 Å². The molecule has 3 unspecified atom stereocenters. The number of amides is 1. The number of carbonyl (C=O) groups is 1. The molecule has 3 atom stereocenters. The lowest BCUT2D eigenvalue weighted by Gasteiger charge is -2.29. The molecule has 2 N–H and O–H groups in total. The Morgan fingerprint density at radius 3 is 1.58 bits per heavy atom. The van der Waals surface area contributed by atoms with Crippen molar-refractivity contribution in [2.75, 3.05) is 40.9 Å². The van der Waals surface area contributed by atoms with E-state index in [0.717, 1.165) is 57.8 Å². The van der Waals surface area contributed by atoms with E-state index in [1.807, 2.05) is 27.2 Å². The maximum Gasteiger partial charge on any atom is 0.268 e. The molecule has 0 rings (SSSR count). The highest BCUT2D eigenvalue weighted by atomic mass is 31.2. The SMILES string of the molecule is CC/C=C\C/C=C\C/C=C\C/C=C\C/C=C\CCCC(=O)NC(COP(=O)([O-])OCC[N+](C)(C)C)C(O)/C=C/CC/C=C/CCCCCCCCCCCCCCCC. The van der Waals surface area contributed by atoms with Gasteiger partial charge >= 0.3 is 0 Å². The second-order valence-corrected chi connectivity index (χ2v) is 18.1. The van der Waals surface area contributed by atoms with E-state index in [9.17, 15) is 19.4 Å². The number of hydrogen-bond acceptors (Lipinski definition) is 6. The number of nitrogens with one attached hydrogen (secondary N) is 1. The molecule has 0 aliphatic carbocycles. The van der Waals surface area contributed by atoms with Gasteiger partial charge in [-0.15, -0.1) is 0 Å². The number of phosphoric ester groups is 1. The predicted octanol–water partition coefficient (Wildman–Crippen LogP) is 12.7. The molecule has 0 aliphatic heterocycles. The Labute approximate surface area is 363 Å². The van der Waals surface area contributed by atoms with Crippen LogP contribution in [-0.4, -0.2) is 68.5 Å². The molecular formula is C50H89N2O6P. The Balaban J connectivity index is 4.54. The van der Waals surface area contributed by atoms with Crippen LogP contribution in [0.2, 0.25) is 0 Å². The van der Waals surface area contributed by atoms with E-state index < -0.39 is 26.6 Å². The highest BCUT2D eigenvalue weighted by molar-refractivity contribution is 7.45. The molecule has 0 aromatic heterocycles.